The summed E-state index contributed by atoms with van der Waals surface area (Å²) >= 11 is 0. The Morgan fingerprint density at radius 3 is 2.47 bits per heavy atom. The molecule has 5 nitrogen and oxygen atoms in total. The maximum atomic E-state index is 11.3. The van der Waals surface area contributed by atoms with Gasteiger partial charge in [0.2, 0.25) is 10.0 Å². The number of aliphatic carboxylic acids is 1. The third-order valence-electron chi connectivity index (χ3n) is 2.97. The van der Waals surface area contributed by atoms with Crippen LogP contribution < -0.4 is 0 Å². The van der Waals surface area contributed by atoms with Crippen molar-refractivity contribution >= 4 is 16.0 Å². The van der Waals surface area contributed by atoms with Gasteiger partial charge in [0.15, 0.2) is 0 Å². The lowest BCUT2D eigenvalue weighted by atomic mass is 9.83. The van der Waals surface area contributed by atoms with Crippen molar-refractivity contribution in [1.82, 2.24) is 4.31 Å². The van der Waals surface area contributed by atoms with Crippen LogP contribution in [0, 0.1) is 5.41 Å². The fourth-order valence-electron chi connectivity index (χ4n) is 2.08. The highest BCUT2D eigenvalue weighted by atomic mass is 32.2. The lowest BCUT2D eigenvalue weighted by Crippen LogP contribution is -2.36. The lowest BCUT2D eigenvalue weighted by Gasteiger charge is -2.23. The Morgan fingerprint density at radius 1 is 1.53 bits per heavy atom. The van der Waals surface area contributed by atoms with Gasteiger partial charge in [-0.15, -0.1) is 0 Å². The van der Waals surface area contributed by atoms with Crippen molar-refractivity contribution in [2.24, 2.45) is 5.41 Å². The zero-order valence-corrected chi connectivity index (χ0v) is 9.88. The Hall–Kier alpha value is -0.620. The molecule has 0 amide bonds. The number of nitrogens with zero attached hydrogens (tertiary/aromatic N) is 1. The predicted octanol–water partition coefficient (Wildman–Crippen LogP) is 0.523. The summed E-state index contributed by atoms with van der Waals surface area (Å²) in [5.74, 6) is -0.879. The van der Waals surface area contributed by atoms with E-state index in [1.165, 1.54) is 4.31 Å². The molecule has 6 heteroatoms. The topological polar surface area (TPSA) is 74.7 Å². The molecule has 1 saturated heterocycles. The van der Waals surface area contributed by atoms with Crippen molar-refractivity contribution in [2.75, 3.05) is 19.3 Å². The molecule has 0 bridgehead atoms. The Morgan fingerprint density at radius 2 is 2.13 bits per heavy atom. The number of sulfonamides is 1. The Kier molecular flexibility index (Phi) is 3.40. The summed E-state index contributed by atoms with van der Waals surface area (Å²) in [4.78, 5) is 11.2. The van der Waals surface area contributed by atoms with Crippen molar-refractivity contribution in [1.29, 1.82) is 0 Å². The predicted molar refractivity (Wildman–Crippen MR) is 56.0 cm³/mol. The molecular formula is C9H17NO4S. The van der Waals surface area contributed by atoms with E-state index in [2.05, 4.69) is 0 Å². The molecule has 1 atom stereocenters. The van der Waals surface area contributed by atoms with Gasteiger partial charge in [-0.25, -0.2) is 12.7 Å². The molecule has 0 aromatic rings. The average molecular weight is 235 g/mol. The minimum atomic E-state index is -3.26. The van der Waals surface area contributed by atoms with Gasteiger partial charge in [0.25, 0.3) is 0 Å². The van der Waals surface area contributed by atoms with E-state index in [0.29, 0.717) is 19.4 Å². The van der Waals surface area contributed by atoms with Crippen molar-refractivity contribution in [2.45, 2.75) is 26.2 Å². The molecule has 0 aromatic carbocycles. The summed E-state index contributed by atoms with van der Waals surface area (Å²) in [5, 5.41) is 9.16. The fraction of sp³-hybridized carbons (Fsp3) is 0.889. The molecule has 1 aliphatic rings. The van der Waals surface area contributed by atoms with Crippen LogP contribution in [0.15, 0.2) is 0 Å². The van der Waals surface area contributed by atoms with E-state index < -0.39 is 21.4 Å². The summed E-state index contributed by atoms with van der Waals surface area (Å²) in [7, 11) is -3.26. The first-order valence-corrected chi connectivity index (χ1v) is 6.85. The maximum absolute atomic E-state index is 11.3. The van der Waals surface area contributed by atoms with E-state index in [-0.39, 0.29) is 6.54 Å². The number of rotatable bonds is 4. The van der Waals surface area contributed by atoms with Crippen LogP contribution in [-0.2, 0) is 14.8 Å². The van der Waals surface area contributed by atoms with Crippen molar-refractivity contribution in [3.05, 3.63) is 0 Å². The summed E-state index contributed by atoms with van der Waals surface area (Å²) in [5.41, 5.74) is -0.863. The van der Waals surface area contributed by atoms with Crippen LogP contribution in [-0.4, -0.2) is 43.1 Å². The zero-order chi connectivity index (χ0) is 11.7. The minimum absolute atomic E-state index is 0.120. The van der Waals surface area contributed by atoms with E-state index in [0.717, 1.165) is 12.7 Å². The van der Waals surface area contributed by atoms with Gasteiger partial charge in [0, 0.05) is 13.1 Å². The van der Waals surface area contributed by atoms with Crippen LogP contribution in [0.5, 0.6) is 0 Å². The van der Waals surface area contributed by atoms with Crippen molar-refractivity contribution < 1.29 is 18.3 Å². The highest BCUT2D eigenvalue weighted by molar-refractivity contribution is 7.88. The molecule has 88 valence electrons. The molecule has 1 fully saturated rings. The molecule has 1 heterocycles. The van der Waals surface area contributed by atoms with E-state index in [1.807, 2.05) is 6.92 Å². The molecule has 0 radical (unpaired) electrons. The van der Waals surface area contributed by atoms with Crippen LogP contribution in [0.25, 0.3) is 0 Å². The second kappa shape index (κ2) is 4.09. The second-order valence-corrected chi connectivity index (χ2v) is 6.16. The zero-order valence-electron chi connectivity index (χ0n) is 9.06. The Balaban J connectivity index is 2.86. The summed E-state index contributed by atoms with van der Waals surface area (Å²) in [6.45, 7) is 2.36. The largest absolute Gasteiger partial charge is 0.481 e. The molecule has 1 N–H and O–H groups in total. The number of carboxylic acid groups (broad SMARTS) is 1. The molecule has 1 unspecified atom stereocenters. The molecule has 15 heavy (non-hydrogen) atoms. The van der Waals surface area contributed by atoms with Gasteiger partial charge >= 0.3 is 5.97 Å². The van der Waals surface area contributed by atoms with Gasteiger partial charge in [0.1, 0.15) is 0 Å². The van der Waals surface area contributed by atoms with E-state index in [1.54, 1.807) is 0 Å². The van der Waals surface area contributed by atoms with Crippen LogP contribution in [0.1, 0.15) is 26.2 Å². The highest BCUT2D eigenvalue weighted by Gasteiger charge is 2.46. The van der Waals surface area contributed by atoms with Crippen LogP contribution >= 0.6 is 0 Å². The standard InChI is InChI=1S/C9H17NO4S/c1-3-4-9(8(11)12)5-6-10(7-9)15(2,13)14/h3-7H2,1-2H3,(H,11,12). The van der Waals surface area contributed by atoms with Crippen LogP contribution in [0.3, 0.4) is 0 Å². The van der Waals surface area contributed by atoms with Crippen LogP contribution in [0.2, 0.25) is 0 Å². The first-order valence-electron chi connectivity index (χ1n) is 5.00. The Labute approximate surface area is 90.1 Å². The van der Waals surface area contributed by atoms with Gasteiger partial charge in [-0.2, -0.15) is 0 Å². The van der Waals surface area contributed by atoms with Gasteiger partial charge in [-0.05, 0) is 12.8 Å². The molecular weight excluding hydrogens is 218 g/mol. The van der Waals surface area contributed by atoms with Gasteiger partial charge in [-0.1, -0.05) is 13.3 Å². The van der Waals surface area contributed by atoms with E-state index in [4.69, 9.17) is 5.11 Å². The number of hydrogen-bond acceptors (Lipinski definition) is 3. The molecule has 0 aliphatic carbocycles. The van der Waals surface area contributed by atoms with Crippen LogP contribution in [0.4, 0.5) is 0 Å². The molecule has 0 saturated carbocycles. The molecule has 1 rings (SSSR count). The number of hydrogen-bond donors (Lipinski definition) is 1. The minimum Gasteiger partial charge on any atom is -0.481 e. The molecule has 0 aromatic heterocycles. The first kappa shape index (κ1) is 12.4. The monoisotopic (exact) mass is 235 g/mol. The summed E-state index contributed by atoms with van der Waals surface area (Å²) in [6.07, 6.45) is 2.83. The maximum Gasteiger partial charge on any atom is 0.311 e. The smallest absolute Gasteiger partial charge is 0.311 e. The molecule has 1 aliphatic heterocycles. The summed E-state index contributed by atoms with van der Waals surface area (Å²) < 4.78 is 23.8. The molecule has 0 spiro atoms. The lowest BCUT2D eigenvalue weighted by molar-refractivity contribution is -0.148. The quantitative estimate of drug-likeness (QED) is 0.771. The van der Waals surface area contributed by atoms with Gasteiger partial charge < -0.3 is 5.11 Å². The van der Waals surface area contributed by atoms with Crippen molar-refractivity contribution in [3.8, 4) is 0 Å². The first-order chi connectivity index (χ1) is 6.82. The fourth-order valence-corrected chi connectivity index (χ4v) is 2.99. The SMILES string of the molecule is CCCC1(C(=O)O)CCN(S(C)(=O)=O)C1. The average Bonchev–Trinajstić information content (AvgIpc) is 2.49. The van der Waals surface area contributed by atoms with Gasteiger partial charge in [0.05, 0.1) is 11.7 Å². The second-order valence-electron chi connectivity index (χ2n) is 4.18. The summed E-state index contributed by atoms with van der Waals surface area (Å²) in [6, 6.07) is 0. The third-order valence-corrected chi connectivity index (χ3v) is 4.22. The third kappa shape index (κ3) is 2.49. The Bertz CT molecular complexity index is 351. The van der Waals surface area contributed by atoms with Gasteiger partial charge in [-0.3, -0.25) is 4.79 Å². The normalized spacial score (nSPS) is 28.1. The van der Waals surface area contributed by atoms with Crippen molar-refractivity contribution in [3.63, 3.8) is 0 Å². The number of carbonyl (C=O) groups is 1. The highest BCUT2D eigenvalue weighted by Crippen LogP contribution is 2.36. The van der Waals surface area contributed by atoms with E-state index >= 15 is 0 Å². The van der Waals surface area contributed by atoms with E-state index in [9.17, 15) is 13.2 Å². The number of carboxylic acids is 1.